The maximum absolute atomic E-state index is 11.1. The van der Waals surface area contributed by atoms with Crippen LogP contribution in [0.5, 0.6) is 5.75 Å². The van der Waals surface area contributed by atoms with Crippen molar-refractivity contribution in [3.8, 4) is 5.75 Å². The smallest absolute Gasteiger partial charge is 0.303 e. The van der Waals surface area contributed by atoms with E-state index in [4.69, 9.17) is 9.84 Å². The number of methoxy groups -OCH3 is 1. The molecule has 0 saturated heterocycles. The third-order valence-electron chi connectivity index (χ3n) is 4.43. The average molecular weight is 300 g/mol. The molecule has 2 aromatic carbocycles. The zero-order valence-electron chi connectivity index (χ0n) is 13.7. The molecule has 0 saturated carbocycles. The van der Waals surface area contributed by atoms with Gasteiger partial charge in [0.05, 0.1) is 13.5 Å². The molecular formula is C19H24O3. The topological polar surface area (TPSA) is 46.5 Å². The van der Waals surface area contributed by atoms with E-state index in [1.807, 2.05) is 26.0 Å². The number of ether oxygens (including phenoxy) is 1. The highest BCUT2D eigenvalue weighted by atomic mass is 16.5. The third kappa shape index (κ3) is 3.41. The van der Waals surface area contributed by atoms with Crippen molar-refractivity contribution in [2.24, 2.45) is 5.41 Å². The van der Waals surface area contributed by atoms with Crippen LogP contribution >= 0.6 is 0 Å². The van der Waals surface area contributed by atoms with Gasteiger partial charge in [-0.05, 0) is 46.2 Å². The number of hydrogen-bond donors (Lipinski definition) is 1. The molecule has 0 aliphatic heterocycles. The molecule has 2 aromatic rings. The summed E-state index contributed by atoms with van der Waals surface area (Å²) in [7, 11) is 1.66. The first-order valence-corrected chi connectivity index (χ1v) is 7.67. The van der Waals surface area contributed by atoms with Crippen molar-refractivity contribution in [2.45, 2.75) is 39.5 Å². The fourth-order valence-electron chi connectivity index (χ4n) is 3.34. The van der Waals surface area contributed by atoms with Crippen LogP contribution in [-0.2, 0) is 4.79 Å². The minimum absolute atomic E-state index is 0.173. The second-order valence-electron chi connectivity index (χ2n) is 6.49. The van der Waals surface area contributed by atoms with E-state index in [2.05, 4.69) is 31.2 Å². The second kappa shape index (κ2) is 6.39. The Labute approximate surface area is 131 Å². The first-order valence-electron chi connectivity index (χ1n) is 7.67. The lowest BCUT2D eigenvalue weighted by atomic mass is 9.71. The van der Waals surface area contributed by atoms with Crippen LogP contribution in [0.25, 0.3) is 10.8 Å². The highest BCUT2D eigenvalue weighted by Gasteiger charge is 2.31. The highest BCUT2D eigenvalue weighted by Crippen LogP contribution is 2.41. The largest absolute Gasteiger partial charge is 0.497 e. The van der Waals surface area contributed by atoms with Gasteiger partial charge in [0.2, 0.25) is 0 Å². The first kappa shape index (κ1) is 16.3. The van der Waals surface area contributed by atoms with Gasteiger partial charge in [-0.1, -0.05) is 45.0 Å². The monoisotopic (exact) mass is 300 g/mol. The number of carboxylic acid groups (broad SMARTS) is 1. The van der Waals surface area contributed by atoms with Crippen LogP contribution in [0.2, 0.25) is 0 Å². The number of aliphatic carboxylic acids is 1. The normalized spacial score (nSPS) is 13.1. The molecule has 118 valence electrons. The summed E-state index contributed by atoms with van der Waals surface area (Å²) in [5, 5.41) is 11.4. The summed E-state index contributed by atoms with van der Waals surface area (Å²) in [6.45, 7) is 6.19. The summed E-state index contributed by atoms with van der Waals surface area (Å²) >= 11 is 0. The minimum Gasteiger partial charge on any atom is -0.497 e. The lowest BCUT2D eigenvalue weighted by Crippen LogP contribution is -2.25. The van der Waals surface area contributed by atoms with E-state index in [-0.39, 0.29) is 17.8 Å². The van der Waals surface area contributed by atoms with Crippen molar-refractivity contribution in [3.05, 3.63) is 42.0 Å². The summed E-state index contributed by atoms with van der Waals surface area (Å²) in [4.78, 5) is 11.1. The van der Waals surface area contributed by atoms with Gasteiger partial charge in [-0.2, -0.15) is 0 Å². The highest BCUT2D eigenvalue weighted by molar-refractivity contribution is 5.84. The first-order chi connectivity index (χ1) is 10.4. The molecule has 0 unspecified atom stereocenters. The van der Waals surface area contributed by atoms with E-state index >= 15 is 0 Å². The lowest BCUT2D eigenvalue weighted by Gasteiger charge is -2.33. The SMILES string of the molecule is CC[C@H](c1ccc2cc(OC)ccc2c1)C(C)(C)CC(=O)O. The number of rotatable bonds is 6. The summed E-state index contributed by atoms with van der Waals surface area (Å²) in [6.07, 6.45) is 1.09. The molecule has 22 heavy (non-hydrogen) atoms. The van der Waals surface area contributed by atoms with Crippen LogP contribution in [0.15, 0.2) is 36.4 Å². The minimum atomic E-state index is -0.742. The zero-order valence-corrected chi connectivity index (χ0v) is 13.7. The maximum atomic E-state index is 11.1. The van der Waals surface area contributed by atoms with Gasteiger partial charge < -0.3 is 9.84 Å². The molecule has 0 heterocycles. The van der Waals surface area contributed by atoms with Gasteiger partial charge >= 0.3 is 5.97 Å². The average Bonchev–Trinajstić information content (AvgIpc) is 2.45. The Morgan fingerprint density at radius 3 is 2.41 bits per heavy atom. The number of hydrogen-bond acceptors (Lipinski definition) is 2. The van der Waals surface area contributed by atoms with Gasteiger partial charge in [-0.3, -0.25) is 4.79 Å². The molecule has 0 radical (unpaired) electrons. The molecule has 1 atom stereocenters. The van der Waals surface area contributed by atoms with Crippen molar-refractivity contribution in [1.82, 2.24) is 0 Å². The van der Waals surface area contributed by atoms with Gasteiger partial charge in [0, 0.05) is 0 Å². The number of carbonyl (C=O) groups is 1. The Morgan fingerprint density at radius 2 is 1.82 bits per heavy atom. The van der Waals surface area contributed by atoms with Crippen LogP contribution in [0.3, 0.4) is 0 Å². The summed E-state index contributed by atoms with van der Waals surface area (Å²) < 4.78 is 5.25. The molecule has 1 N–H and O–H groups in total. The Bertz CT molecular complexity index is 673. The molecule has 0 aliphatic rings. The number of carboxylic acids is 1. The third-order valence-corrected chi connectivity index (χ3v) is 4.43. The predicted molar refractivity (Wildman–Crippen MR) is 89.6 cm³/mol. The summed E-state index contributed by atoms with van der Waals surface area (Å²) in [6, 6.07) is 12.4. The van der Waals surface area contributed by atoms with Gasteiger partial charge in [-0.15, -0.1) is 0 Å². The van der Waals surface area contributed by atoms with Crippen LogP contribution in [0.1, 0.15) is 45.1 Å². The Morgan fingerprint density at radius 1 is 1.18 bits per heavy atom. The van der Waals surface area contributed by atoms with E-state index < -0.39 is 5.97 Å². The van der Waals surface area contributed by atoms with Crippen LogP contribution in [-0.4, -0.2) is 18.2 Å². The predicted octanol–water partition coefficient (Wildman–Crippen LogP) is 4.84. The van der Waals surface area contributed by atoms with Crippen molar-refractivity contribution in [3.63, 3.8) is 0 Å². The number of fused-ring (bicyclic) bond motifs is 1. The summed E-state index contributed by atoms with van der Waals surface area (Å²) in [5.41, 5.74) is 0.923. The molecule has 0 amide bonds. The van der Waals surface area contributed by atoms with Crippen molar-refractivity contribution < 1.29 is 14.6 Å². The van der Waals surface area contributed by atoms with E-state index in [1.54, 1.807) is 7.11 Å². The van der Waals surface area contributed by atoms with E-state index in [1.165, 1.54) is 5.56 Å². The Balaban J connectivity index is 2.41. The van der Waals surface area contributed by atoms with E-state index in [0.717, 1.165) is 22.9 Å². The molecule has 0 spiro atoms. The molecule has 3 nitrogen and oxygen atoms in total. The van der Waals surface area contributed by atoms with Crippen molar-refractivity contribution in [1.29, 1.82) is 0 Å². The molecule has 2 rings (SSSR count). The Kier molecular flexibility index (Phi) is 4.74. The van der Waals surface area contributed by atoms with Gasteiger partial charge in [0.1, 0.15) is 5.75 Å². The van der Waals surface area contributed by atoms with Crippen LogP contribution in [0.4, 0.5) is 0 Å². The standard InChI is InChI=1S/C19H24O3/c1-5-17(19(2,3)12-18(20)21)15-7-6-14-11-16(22-4)9-8-13(14)10-15/h6-11,17H,5,12H2,1-4H3,(H,20,21)/t17-/m1/s1. The lowest BCUT2D eigenvalue weighted by molar-refractivity contribution is -0.139. The molecule has 0 aromatic heterocycles. The van der Waals surface area contributed by atoms with Gasteiger partial charge in [0.15, 0.2) is 0 Å². The maximum Gasteiger partial charge on any atom is 0.303 e. The number of benzene rings is 2. The van der Waals surface area contributed by atoms with Crippen LogP contribution in [0, 0.1) is 5.41 Å². The molecule has 3 heteroatoms. The molecule has 0 aliphatic carbocycles. The van der Waals surface area contributed by atoms with Crippen molar-refractivity contribution in [2.75, 3.05) is 7.11 Å². The molecule has 0 fully saturated rings. The van der Waals surface area contributed by atoms with Crippen LogP contribution < -0.4 is 4.74 Å². The van der Waals surface area contributed by atoms with E-state index in [9.17, 15) is 4.79 Å². The summed E-state index contributed by atoms with van der Waals surface area (Å²) in [5.74, 6) is 0.322. The van der Waals surface area contributed by atoms with Gasteiger partial charge in [-0.25, -0.2) is 0 Å². The fraction of sp³-hybridized carbons (Fsp3) is 0.421. The molecular weight excluding hydrogens is 276 g/mol. The van der Waals surface area contributed by atoms with Crippen molar-refractivity contribution >= 4 is 16.7 Å². The quantitative estimate of drug-likeness (QED) is 0.830. The van der Waals surface area contributed by atoms with E-state index in [0.29, 0.717) is 0 Å². The fourth-order valence-corrected chi connectivity index (χ4v) is 3.34. The second-order valence-corrected chi connectivity index (χ2v) is 6.49. The van der Waals surface area contributed by atoms with Gasteiger partial charge in [0.25, 0.3) is 0 Å². The zero-order chi connectivity index (χ0) is 16.3. The molecule has 0 bridgehead atoms. The Hall–Kier alpha value is -2.03.